The van der Waals surface area contributed by atoms with Crippen LogP contribution in [0, 0.1) is 6.54 Å². The zero-order valence-electron chi connectivity index (χ0n) is 5.05. The zero-order valence-corrected chi connectivity index (χ0v) is 5.05. The van der Waals surface area contributed by atoms with Crippen molar-refractivity contribution in [1.82, 2.24) is 5.32 Å². The molecule has 0 saturated carbocycles. The summed E-state index contributed by atoms with van der Waals surface area (Å²) in [4.78, 5) is 20.1. The molecule has 9 heavy (non-hydrogen) atoms. The van der Waals surface area contributed by atoms with Crippen LogP contribution in [0.1, 0.15) is 13.3 Å². The molecule has 0 aromatic rings. The summed E-state index contributed by atoms with van der Waals surface area (Å²) >= 11 is 0. The molecular weight excluding hydrogens is 122 g/mol. The van der Waals surface area contributed by atoms with E-state index < -0.39 is 5.97 Å². The molecule has 0 rings (SSSR count). The van der Waals surface area contributed by atoms with Gasteiger partial charge in [-0.3, -0.25) is 4.79 Å². The molecular formula is C5H8NO3. The summed E-state index contributed by atoms with van der Waals surface area (Å²) in [6.07, 6.45) is 0.295. The van der Waals surface area contributed by atoms with Crippen molar-refractivity contribution in [3.63, 3.8) is 0 Å². The van der Waals surface area contributed by atoms with Gasteiger partial charge in [-0.2, -0.15) is 0 Å². The lowest BCUT2D eigenvalue weighted by Crippen LogP contribution is -2.23. The fourth-order valence-electron chi connectivity index (χ4n) is 0.244. The maximum Gasteiger partial charge on any atom is 0.329 e. The number of hydrogen-bond acceptors (Lipinski definition) is 2. The first-order valence-electron chi connectivity index (χ1n) is 2.52. The van der Waals surface area contributed by atoms with Gasteiger partial charge in [-0.1, -0.05) is 6.92 Å². The molecule has 0 heterocycles. The van der Waals surface area contributed by atoms with Crippen LogP contribution < -0.4 is 5.32 Å². The summed E-state index contributed by atoms with van der Waals surface area (Å²) in [7, 11) is 0. The number of aliphatic carboxylic acids is 1. The van der Waals surface area contributed by atoms with Gasteiger partial charge in [0.25, 0.3) is 0 Å². The van der Waals surface area contributed by atoms with Gasteiger partial charge in [0.2, 0.25) is 5.91 Å². The highest BCUT2D eigenvalue weighted by molar-refractivity contribution is 5.84. The molecule has 0 aliphatic rings. The smallest absolute Gasteiger partial charge is 0.329 e. The van der Waals surface area contributed by atoms with Gasteiger partial charge in [-0.25, -0.2) is 4.79 Å². The average Bonchev–Trinajstić information content (AvgIpc) is 1.83. The zero-order chi connectivity index (χ0) is 7.28. The molecule has 0 bridgehead atoms. The van der Waals surface area contributed by atoms with Gasteiger partial charge >= 0.3 is 5.97 Å². The molecule has 0 aliphatic carbocycles. The van der Waals surface area contributed by atoms with Crippen LogP contribution in [-0.4, -0.2) is 17.0 Å². The van der Waals surface area contributed by atoms with Crippen molar-refractivity contribution < 1.29 is 14.7 Å². The van der Waals surface area contributed by atoms with Crippen molar-refractivity contribution >= 4 is 11.9 Å². The van der Waals surface area contributed by atoms with E-state index in [0.29, 0.717) is 13.0 Å². The van der Waals surface area contributed by atoms with Crippen LogP contribution in [0.2, 0.25) is 0 Å². The SMILES string of the molecule is CCC(=O)N[CH]C(=O)O. The van der Waals surface area contributed by atoms with Gasteiger partial charge in [0, 0.05) is 6.42 Å². The molecule has 0 saturated heterocycles. The van der Waals surface area contributed by atoms with Gasteiger partial charge < -0.3 is 10.4 Å². The van der Waals surface area contributed by atoms with Crippen molar-refractivity contribution in [2.24, 2.45) is 0 Å². The lowest BCUT2D eigenvalue weighted by atomic mass is 10.4. The number of rotatable bonds is 3. The van der Waals surface area contributed by atoms with E-state index in [0.717, 1.165) is 0 Å². The van der Waals surface area contributed by atoms with Crippen LogP contribution in [0.3, 0.4) is 0 Å². The van der Waals surface area contributed by atoms with Crippen LogP contribution in [0.25, 0.3) is 0 Å². The third kappa shape index (κ3) is 4.80. The van der Waals surface area contributed by atoms with E-state index in [9.17, 15) is 9.59 Å². The summed E-state index contributed by atoms with van der Waals surface area (Å²) in [5.41, 5.74) is 0. The fourth-order valence-corrected chi connectivity index (χ4v) is 0.244. The van der Waals surface area contributed by atoms with Crippen LogP contribution in [0.5, 0.6) is 0 Å². The minimum Gasteiger partial charge on any atom is -0.480 e. The summed E-state index contributed by atoms with van der Waals surface area (Å²) in [5, 5.41) is 10.1. The second-order valence-corrected chi connectivity index (χ2v) is 1.40. The van der Waals surface area contributed by atoms with E-state index in [1.165, 1.54) is 0 Å². The first kappa shape index (κ1) is 7.94. The minimum atomic E-state index is -1.14. The number of carbonyl (C=O) groups is 2. The van der Waals surface area contributed by atoms with E-state index in [1.807, 2.05) is 0 Å². The Morgan fingerprint density at radius 2 is 2.22 bits per heavy atom. The number of hydrogen-bond donors (Lipinski definition) is 2. The van der Waals surface area contributed by atoms with Gasteiger partial charge in [-0.15, -0.1) is 0 Å². The summed E-state index contributed by atoms with van der Waals surface area (Å²) in [6, 6.07) is 0. The number of amides is 1. The summed E-state index contributed by atoms with van der Waals surface area (Å²) in [5.74, 6) is -1.44. The molecule has 0 atom stereocenters. The molecule has 0 fully saturated rings. The molecule has 0 aromatic heterocycles. The summed E-state index contributed by atoms with van der Waals surface area (Å²) in [6.45, 7) is 2.36. The largest absolute Gasteiger partial charge is 0.480 e. The first-order chi connectivity index (χ1) is 4.16. The Bertz CT molecular complexity index is 121. The topological polar surface area (TPSA) is 66.4 Å². The third-order valence-corrected chi connectivity index (χ3v) is 0.678. The fraction of sp³-hybridized carbons (Fsp3) is 0.400. The second kappa shape index (κ2) is 3.88. The molecule has 4 heteroatoms. The van der Waals surface area contributed by atoms with Gasteiger partial charge in [0.15, 0.2) is 6.54 Å². The Morgan fingerprint density at radius 3 is 2.56 bits per heavy atom. The first-order valence-corrected chi connectivity index (χ1v) is 2.52. The van der Waals surface area contributed by atoms with Gasteiger partial charge in [0.05, 0.1) is 0 Å². The maximum absolute atomic E-state index is 10.3. The van der Waals surface area contributed by atoms with Crippen molar-refractivity contribution in [3.8, 4) is 0 Å². The van der Waals surface area contributed by atoms with E-state index in [2.05, 4.69) is 5.32 Å². The Balaban J connectivity index is 3.28. The normalized spacial score (nSPS) is 8.56. The van der Waals surface area contributed by atoms with E-state index in [4.69, 9.17) is 5.11 Å². The highest BCUT2D eigenvalue weighted by Gasteiger charge is 1.99. The molecule has 4 nitrogen and oxygen atoms in total. The Hall–Kier alpha value is -1.06. The van der Waals surface area contributed by atoms with Crippen molar-refractivity contribution in [3.05, 3.63) is 6.54 Å². The molecule has 1 radical (unpaired) electrons. The molecule has 0 unspecified atom stereocenters. The van der Waals surface area contributed by atoms with Crippen LogP contribution >= 0.6 is 0 Å². The van der Waals surface area contributed by atoms with E-state index in [1.54, 1.807) is 6.92 Å². The third-order valence-electron chi connectivity index (χ3n) is 0.678. The minimum absolute atomic E-state index is 0.294. The molecule has 2 N–H and O–H groups in total. The Labute approximate surface area is 52.9 Å². The van der Waals surface area contributed by atoms with Crippen LogP contribution in [-0.2, 0) is 9.59 Å². The van der Waals surface area contributed by atoms with E-state index in [-0.39, 0.29) is 5.91 Å². The van der Waals surface area contributed by atoms with Crippen molar-refractivity contribution in [2.45, 2.75) is 13.3 Å². The second-order valence-electron chi connectivity index (χ2n) is 1.40. The predicted octanol–water partition coefficient (Wildman–Crippen LogP) is -0.241. The highest BCUT2D eigenvalue weighted by Crippen LogP contribution is 1.76. The number of nitrogens with one attached hydrogen (secondary N) is 1. The summed E-state index contributed by atoms with van der Waals surface area (Å²) < 4.78 is 0. The standard InChI is InChI=1S/C5H8NO3/c1-2-4(7)6-3-5(8)9/h3H,2H2,1H3,(H,6,7)(H,8,9). The number of carboxylic acid groups (broad SMARTS) is 1. The predicted molar refractivity (Wildman–Crippen MR) is 30.4 cm³/mol. The number of carbonyl (C=O) groups excluding carboxylic acids is 1. The monoisotopic (exact) mass is 130 g/mol. The molecule has 0 aromatic carbocycles. The molecule has 1 amide bonds. The molecule has 0 aliphatic heterocycles. The van der Waals surface area contributed by atoms with Crippen LogP contribution in [0.15, 0.2) is 0 Å². The Kier molecular flexibility index (Phi) is 3.43. The van der Waals surface area contributed by atoms with Crippen LogP contribution in [0.4, 0.5) is 0 Å². The van der Waals surface area contributed by atoms with Gasteiger partial charge in [0.1, 0.15) is 0 Å². The van der Waals surface area contributed by atoms with E-state index >= 15 is 0 Å². The maximum atomic E-state index is 10.3. The molecule has 0 spiro atoms. The lowest BCUT2D eigenvalue weighted by molar-refractivity contribution is -0.135. The van der Waals surface area contributed by atoms with Crippen molar-refractivity contribution in [2.75, 3.05) is 0 Å². The average molecular weight is 130 g/mol. The van der Waals surface area contributed by atoms with Gasteiger partial charge in [-0.05, 0) is 0 Å². The van der Waals surface area contributed by atoms with Crippen molar-refractivity contribution in [1.29, 1.82) is 0 Å². The lowest BCUT2D eigenvalue weighted by Gasteiger charge is -1.94. The highest BCUT2D eigenvalue weighted by atomic mass is 16.4. The Morgan fingerprint density at radius 1 is 1.67 bits per heavy atom. The molecule has 51 valence electrons. The quantitative estimate of drug-likeness (QED) is 0.554. The number of carboxylic acids is 1.